The molecule has 0 atom stereocenters. The van der Waals surface area contributed by atoms with Gasteiger partial charge in [-0.05, 0) is 43.9 Å². The number of rotatable bonds is 4. The number of hydrogen-bond acceptors (Lipinski definition) is 1. The Morgan fingerprint density at radius 3 is 2.45 bits per heavy atom. The van der Waals surface area contributed by atoms with Crippen LogP contribution >= 0.6 is 0 Å². The van der Waals surface area contributed by atoms with E-state index < -0.39 is 0 Å². The Balaban J connectivity index is 2.01. The molecule has 106 valence electrons. The summed E-state index contributed by atoms with van der Waals surface area (Å²) >= 11 is 0. The standard InChI is InChI=1S/C18H23OS/c1-2-12-19-17-10-11-18(20-13-6-3-7-14-20)16-9-5-4-8-15(16)17/h4-5,8-11H,2-3,6-7,12-14H2,1H3/q+1. The first-order chi connectivity index (χ1) is 9.90. The SMILES string of the molecule is CCCOc1ccc([S+]2CCCCC2)c2ccccc12. The van der Waals surface area contributed by atoms with Gasteiger partial charge >= 0.3 is 0 Å². The number of fused-ring (bicyclic) bond motifs is 1. The van der Waals surface area contributed by atoms with Crippen LogP contribution in [0.2, 0.25) is 0 Å². The van der Waals surface area contributed by atoms with E-state index in [9.17, 15) is 0 Å². The molecule has 1 heterocycles. The van der Waals surface area contributed by atoms with Gasteiger partial charge in [-0.2, -0.15) is 0 Å². The van der Waals surface area contributed by atoms with Gasteiger partial charge in [0, 0.05) is 21.7 Å². The highest BCUT2D eigenvalue weighted by atomic mass is 32.2. The molecule has 1 aliphatic heterocycles. The van der Waals surface area contributed by atoms with E-state index in [4.69, 9.17) is 4.74 Å². The summed E-state index contributed by atoms with van der Waals surface area (Å²) in [7, 11) is 0.448. The van der Waals surface area contributed by atoms with Crippen molar-refractivity contribution in [3.05, 3.63) is 36.4 Å². The van der Waals surface area contributed by atoms with E-state index in [1.165, 1.54) is 41.5 Å². The summed E-state index contributed by atoms with van der Waals surface area (Å²) in [5.74, 6) is 3.80. The smallest absolute Gasteiger partial charge is 0.162 e. The van der Waals surface area contributed by atoms with Crippen LogP contribution in [0.4, 0.5) is 0 Å². The summed E-state index contributed by atoms with van der Waals surface area (Å²) in [6, 6.07) is 13.3. The van der Waals surface area contributed by atoms with Crippen molar-refractivity contribution < 1.29 is 4.74 Å². The highest BCUT2D eigenvalue weighted by molar-refractivity contribution is 7.97. The fraction of sp³-hybridized carbons (Fsp3) is 0.444. The summed E-state index contributed by atoms with van der Waals surface area (Å²) in [5.41, 5.74) is 0. The maximum atomic E-state index is 5.91. The predicted octanol–water partition coefficient (Wildman–Crippen LogP) is 4.79. The molecule has 0 aromatic heterocycles. The van der Waals surface area contributed by atoms with Crippen molar-refractivity contribution in [3.63, 3.8) is 0 Å². The molecule has 1 aliphatic rings. The molecule has 0 radical (unpaired) electrons. The van der Waals surface area contributed by atoms with Gasteiger partial charge in [-0.3, -0.25) is 0 Å². The van der Waals surface area contributed by atoms with Crippen molar-refractivity contribution in [1.29, 1.82) is 0 Å². The minimum Gasteiger partial charge on any atom is -0.493 e. The Kier molecular flexibility index (Phi) is 4.51. The molecule has 0 aliphatic carbocycles. The second-order valence-electron chi connectivity index (χ2n) is 5.42. The highest BCUT2D eigenvalue weighted by Gasteiger charge is 2.27. The van der Waals surface area contributed by atoms with E-state index in [2.05, 4.69) is 43.3 Å². The van der Waals surface area contributed by atoms with Crippen LogP contribution in [0.15, 0.2) is 41.3 Å². The van der Waals surface area contributed by atoms with E-state index in [-0.39, 0.29) is 0 Å². The minimum atomic E-state index is 0.448. The zero-order valence-corrected chi connectivity index (χ0v) is 13.0. The van der Waals surface area contributed by atoms with Crippen LogP contribution in [-0.4, -0.2) is 18.1 Å². The van der Waals surface area contributed by atoms with Gasteiger partial charge in [0.15, 0.2) is 4.90 Å². The predicted molar refractivity (Wildman–Crippen MR) is 89.0 cm³/mol. The lowest BCUT2D eigenvalue weighted by molar-refractivity contribution is 0.321. The van der Waals surface area contributed by atoms with Crippen molar-refractivity contribution in [3.8, 4) is 5.75 Å². The molecule has 2 heteroatoms. The molecule has 0 N–H and O–H groups in total. The van der Waals surface area contributed by atoms with Gasteiger partial charge in [0.2, 0.25) is 0 Å². The minimum absolute atomic E-state index is 0.448. The lowest BCUT2D eigenvalue weighted by Gasteiger charge is -2.16. The van der Waals surface area contributed by atoms with Gasteiger partial charge < -0.3 is 4.74 Å². The highest BCUT2D eigenvalue weighted by Crippen LogP contribution is 2.34. The Morgan fingerprint density at radius 1 is 0.950 bits per heavy atom. The first kappa shape index (κ1) is 13.8. The quantitative estimate of drug-likeness (QED) is 0.735. The fourth-order valence-electron chi connectivity index (χ4n) is 2.88. The van der Waals surface area contributed by atoms with Gasteiger partial charge in [0.1, 0.15) is 17.3 Å². The molecule has 3 rings (SSSR count). The summed E-state index contributed by atoms with van der Waals surface area (Å²) in [5, 5.41) is 2.70. The van der Waals surface area contributed by atoms with E-state index in [0.717, 1.165) is 18.8 Å². The van der Waals surface area contributed by atoms with Crippen molar-refractivity contribution in [2.24, 2.45) is 0 Å². The van der Waals surface area contributed by atoms with Gasteiger partial charge in [-0.15, -0.1) is 0 Å². The molecule has 2 aromatic carbocycles. The van der Waals surface area contributed by atoms with Gasteiger partial charge in [0.25, 0.3) is 0 Å². The number of ether oxygens (including phenoxy) is 1. The molecule has 2 aromatic rings. The third-order valence-electron chi connectivity index (χ3n) is 3.90. The van der Waals surface area contributed by atoms with E-state index in [0.29, 0.717) is 10.9 Å². The van der Waals surface area contributed by atoms with Crippen LogP contribution in [0.5, 0.6) is 5.75 Å². The Morgan fingerprint density at radius 2 is 1.70 bits per heavy atom. The summed E-state index contributed by atoms with van der Waals surface area (Å²) < 4.78 is 5.91. The molecule has 0 unspecified atom stereocenters. The zero-order chi connectivity index (χ0) is 13.8. The molecule has 1 saturated heterocycles. The molecule has 0 bridgehead atoms. The largest absolute Gasteiger partial charge is 0.493 e. The maximum Gasteiger partial charge on any atom is 0.162 e. The normalized spacial score (nSPS) is 16.4. The number of benzene rings is 2. The lowest BCUT2D eigenvalue weighted by atomic mass is 10.1. The first-order valence-electron chi connectivity index (χ1n) is 7.72. The second-order valence-corrected chi connectivity index (χ2v) is 7.66. The third kappa shape index (κ3) is 2.80. The van der Waals surface area contributed by atoms with E-state index in [1.807, 2.05) is 0 Å². The fourth-order valence-corrected chi connectivity index (χ4v) is 5.38. The first-order valence-corrected chi connectivity index (χ1v) is 9.28. The topological polar surface area (TPSA) is 9.23 Å². The molecule has 20 heavy (non-hydrogen) atoms. The molecule has 0 spiro atoms. The van der Waals surface area contributed by atoms with Gasteiger partial charge in [0.05, 0.1) is 6.61 Å². The number of hydrogen-bond donors (Lipinski definition) is 0. The van der Waals surface area contributed by atoms with Crippen LogP contribution < -0.4 is 4.74 Å². The Bertz CT molecular complexity index is 573. The van der Waals surface area contributed by atoms with Crippen molar-refractivity contribution in [2.45, 2.75) is 37.5 Å². The maximum absolute atomic E-state index is 5.91. The van der Waals surface area contributed by atoms with Gasteiger partial charge in [-0.1, -0.05) is 25.1 Å². The average Bonchev–Trinajstić information content (AvgIpc) is 2.53. The monoisotopic (exact) mass is 287 g/mol. The Hall–Kier alpha value is -1.15. The van der Waals surface area contributed by atoms with Crippen LogP contribution in [0.25, 0.3) is 10.8 Å². The van der Waals surface area contributed by atoms with Crippen LogP contribution in [0, 0.1) is 0 Å². The molecule has 1 nitrogen and oxygen atoms in total. The van der Waals surface area contributed by atoms with E-state index in [1.54, 1.807) is 4.90 Å². The van der Waals surface area contributed by atoms with Crippen molar-refractivity contribution in [2.75, 3.05) is 18.1 Å². The Labute approximate surface area is 124 Å². The van der Waals surface area contributed by atoms with Crippen molar-refractivity contribution in [1.82, 2.24) is 0 Å². The molecule has 0 saturated carbocycles. The van der Waals surface area contributed by atoms with Gasteiger partial charge in [-0.25, -0.2) is 0 Å². The zero-order valence-electron chi connectivity index (χ0n) is 12.2. The average molecular weight is 287 g/mol. The third-order valence-corrected chi connectivity index (χ3v) is 6.44. The lowest BCUT2D eigenvalue weighted by Crippen LogP contribution is -2.18. The second kappa shape index (κ2) is 6.53. The van der Waals surface area contributed by atoms with Crippen molar-refractivity contribution >= 4 is 21.7 Å². The summed E-state index contributed by atoms with van der Waals surface area (Å²) in [6.07, 6.45) is 5.26. The molecular weight excluding hydrogens is 264 g/mol. The molecule has 0 amide bonds. The summed E-state index contributed by atoms with van der Waals surface area (Å²) in [6.45, 7) is 2.95. The van der Waals surface area contributed by atoms with Crippen LogP contribution in [0.3, 0.4) is 0 Å². The summed E-state index contributed by atoms with van der Waals surface area (Å²) in [4.78, 5) is 1.56. The van der Waals surface area contributed by atoms with Crippen LogP contribution in [0.1, 0.15) is 32.6 Å². The molecular formula is C18H23OS+. The van der Waals surface area contributed by atoms with E-state index >= 15 is 0 Å². The van der Waals surface area contributed by atoms with Crippen LogP contribution in [-0.2, 0) is 10.9 Å². The molecule has 1 fully saturated rings.